The van der Waals surface area contributed by atoms with Gasteiger partial charge in [-0.15, -0.1) is 0 Å². The summed E-state index contributed by atoms with van der Waals surface area (Å²) in [5.74, 6) is -0.886. The van der Waals surface area contributed by atoms with Crippen LogP contribution in [0.4, 0.5) is 4.79 Å². The molecule has 51 heavy (non-hydrogen) atoms. The molecule has 0 bridgehead atoms. The van der Waals surface area contributed by atoms with Crippen molar-refractivity contribution in [1.82, 2.24) is 15.5 Å². The molecular formula is C41H63N3O6Si. The van der Waals surface area contributed by atoms with Crippen LogP contribution in [-0.4, -0.2) is 74.8 Å². The highest BCUT2D eigenvalue weighted by molar-refractivity contribution is 6.74. The number of unbranched alkanes of at least 4 members (excludes halogenated alkanes) is 1. The van der Waals surface area contributed by atoms with Crippen LogP contribution < -0.4 is 10.6 Å². The van der Waals surface area contributed by atoms with E-state index in [9.17, 15) is 19.2 Å². The number of hydrogen-bond donors (Lipinski definition) is 2. The van der Waals surface area contributed by atoms with Crippen LogP contribution in [0.3, 0.4) is 0 Å². The van der Waals surface area contributed by atoms with Gasteiger partial charge in [0.25, 0.3) is 0 Å². The largest absolute Gasteiger partial charge is 0.450 e. The van der Waals surface area contributed by atoms with Crippen LogP contribution >= 0.6 is 0 Å². The number of ketones is 1. The third-order valence-corrected chi connectivity index (χ3v) is 15.2. The molecule has 0 aliphatic carbocycles. The number of nitrogens with one attached hydrogen (secondary N) is 2. The van der Waals surface area contributed by atoms with Crippen molar-refractivity contribution < 1.29 is 28.3 Å². The van der Waals surface area contributed by atoms with Gasteiger partial charge in [-0.2, -0.15) is 0 Å². The predicted octanol–water partition coefficient (Wildman–Crippen LogP) is 7.49. The maximum absolute atomic E-state index is 14.6. The summed E-state index contributed by atoms with van der Waals surface area (Å²) in [6.45, 7) is 18.0. The molecule has 1 heterocycles. The highest BCUT2D eigenvalue weighted by Gasteiger charge is 2.43. The topological polar surface area (TPSA) is 114 Å². The Morgan fingerprint density at radius 2 is 1.45 bits per heavy atom. The summed E-state index contributed by atoms with van der Waals surface area (Å²) in [4.78, 5) is 55.4. The van der Waals surface area contributed by atoms with Crippen LogP contribution in [0, 0.1) is 11.8 Å². The number of hydrogen-bond acceptors (Lipinski definition) is 6. The Hall–Kier alpha value is -3.50. The highest BCUT2D eigenvalue weighted by atomic mass is 28.4. The Balaban J connectivity index is 2.04. The number of carbonyl (C=O) groups excluding carboxylic acids is 4. The number of carbonyl (C=O) groups is 4. The van der Waals surface area contributed by atoms with Gasteiger partial charge in [-0.25, -0.2) is 4.79 Å². The number of rotatable bonds is 18. The number of amides is 3. The van der Waals surface area contributed by atoms with Crippen molar-refractivity contribution >= 4 is 32.0 Å². The minimum atomic E-state index is -2.44. The Morgan fingerprint density at radius 3 is 1.98 bits per heavy atom. The van der Waals surface area contributed by atoms with E-state index in [0.717, 1.165) is 24.0 Å². The van der Waals surface area contributed by atoms with Gasteiger partial charge in [-0.1, -0.05) is 115 Å². The van der Waals surface area contributed by atoms with Crippen LogP contribution in [0.5, 0.6) is 0 Å². The summed E-state index contributed by atoms with van der Waals surface area (Å²) >= 11 is 0. The van der Waals surface area contributed by atoms with Gasteiger partial charge < -0.3 is 24.7 Å². The zero-order valence-corrected chi connectivity index (χ0v) is 33.3. The molecule has 1 aliphatic rings. The molecule has 5 atom stereocenters. The van der Waals surface area contributed by atoms with Crippen LogP contribution in [0.1, 0.15) is 91.2 Å². The fourth-order valence-corrected chi connectivity index (χ4v) is 7.46. The average molecular weight is 722 g/mol. The van der Waals surface area contributed by atoms with Crippen molar-refractivity contribution in [3.63, 3.8) is 0 Å². The zero-order chi connectivity index (χ0) is 37.6. The van der Waals surface area contributed by atoms with Gasteiger partial charge >= 0.3 is 6.09 Å². The second kappa shape index (κ2) is 19.9. The zero-order valence-electron chi connectivity index (χ0n) is 32.3. The summed E-state index contributed by atoms with van der Waals surface area (Å²) < 4.78 is 12.8. The normalized spacial score (nSPS) is 16.8. The summed E-state index contributed by atoms with van der Waals surface area (Å²) in [7, 11) is -2.44. The van der Waals surface area contributed by atoms with E-state index in [2.05, 4.69) is 44.5 Å². The maximum Gasteiger partial charge on any atom is 0.407 e. The molecule has 1 saturated heterocycles. The predicted molar refractivity (Wildman–Crippen MR) is 206 cm³/mol. The first-order chi connectivity index (χ1) is 24.1. The van der Waals surface area contributed by atoms with E-state index in [4.69, 9.17) is 9.16 Å². The Labute approximate surface area is 307 Å². The van der Waals surface area contributed by atoms with Crippen molar-refractivity contribution in [3.05, 3.63) is 71.8 Å². The lowest BCUT2D eigenvalue weighted by Gasteiger charge is -2.42. The molecule has 9 nitrogen and oxygen atoms in total. The van der Waals surface area contributed by atoms with Crippen molar-refractivity contribution in [2.45, 2.75) is 129 Å². The smallest absolute Gasteiger partial charge is 0.407 e. The van der Waals surface area contributed by atoms with Crippen molar-refractivity contribution in [1.29, 1.82) is 0 Å². The number of nitrogens with zero attached hydrogens (tertiary/aromatic N) is 1. The number of ether oxygens (including phenoxy) is 1. The van der Waals surface area contributed by atoms with E-state index in [1.807, 2.05) is 81.4 Å². The molecule has 3 rings (SSSR count). The van der Waals surface area contributed by atoms with E-state index in [1.165, 1.54) is 0 Å². The fraction of sp³-hybridized carbons (Fsp3) is 0.610. The lowest BCUT2D eigenvalue weighted by molar-refractivity contribution is -0.141. The molecule has 0 saturated carbocycles. The Bertz CT molecular complexity index is 1390. The Kier molecular flexibility index (Phi) is 16.4. The molecule has 282 valence electrons. The molecule has 0 aromatic heterocycles. The first kappa shape index (κ1) is 41.9. The van der Waals surface area contributed by atoms with Crippen LogP contribution in [0.25, 0.3) is 0 Å². The highest BCUT2D eigenvalue weighted by Crippen LogP contribution is 2.39. The third-order valence-electron chi connectivity index (χ3n) is 10.7. The van der Waals surface area contributed by atoms with Gasteiger partial charge in [0.05, 0.1) is 18.8 Å². The van der Waals surface area contributed by atoms with Crippen molar-refractivity contribution in [2.75, 3.05) is 19.7 Å². The minimum absolute atomic E-state index is 0.110. The lowest BCUT2D eigenvalue weighted by Crippen LogP contribution is -2.56. The number of Topliss-reactive ketones (excluding diaryl/α,β-unsaturated/α-hetero) is 1. The van der Waals surface area contributed by atoms with Crippen LogP contribution in [-0.2, 0) is 36.4 Å². The quantitative estimate of drug-likeness (QED) is 0.122. The number of likely N-dealkylation sites (tertiary alicyclic amines) is 1. The summed E-state index contributed by atoms with van der Waals surface area (Å²) in [5.41, 5.74) is 2.03. The van der Waals surface area contributed by atoms with Gasteiger partial charge in [0.1, 0.15) is 11.8 Å². The standard InChI is InChI=1S/C41H63N3O6Si/c1-9-11-26-49-40(48)42-35(28-32-20-16-13-17-21-32)36(50-51(7,8)41(4,5)6)29-33(27-31-18-14-12-15-19-31)38(46)43-37(30(3)10-2)39(47)44-24-22-34(45)23-25-44/h12-21,30,33,35-37H,9-11,22-29H2,1-8H3,(H,42,48)(H,43,46)/t30-,33?,35?,36?,37-/m0/s1. The lowest BCUT2D eigenvalue weighted by atomic mass is 9.88. The number of benzene rings is 2. The van der Waals surface area contributed by atoms with Crippen LogP contribution in [0.2, 0.25) is 18.1 Å². The molecule has 0 radical (unpaired) electrons. The summed E-state index contributed by atoms with van der Waals surface area (Å²) in [6.07, 6.45) is 3.27. The maximum atomic E-state index is 14.6. The second-order valence-corrected chi connectivity index (χ2v) is 20.5. The number of piperidine rings is 1. The fourth-order valence-electron chi connectivity index (χ4n) is 6.08. The van der Waals surface area contributed by atoms with E-state index >= 15 is 0 Å². The van der Waals surface area contributed by atoms with Gasteiger partial charge in [0.2, 0.25) is 11.8 Å². The summed E-state index contributed by atoms with van der Waals surface area (Å²) in [5, 5.41) is 6.21. The molecule has 2 aromatic rings. The average Bonchev–Trinajstić information content (AvgIpc) is 3.09. The molecular weight excluding hydrogens is 659 g/mol. The van der Waals surface area contributed by atoms with E-state index in [1.54, 1.807) is 4.90 Å². The molecule has 1 aliphatic heterocycles. The molecule has 2 aromatic carbocycles. The SMILES string of the molecule is CCCCOC(=O)NC(Cc1ccccc1)C(CC(Cc1ccccc1)C(=O)N[C@H](C(=O)N1CCC(=O)CC1)[C@@H](C)CC)O[Si](C)(C)C(C)(C)C. The summed E-state index contributed by atoms with van der Waals surface area (Å²) in [6, 6.07) is 18.7. The van der Waals surface area contributed by atoms with Crippen molar-refractivity contribution in [2.24, 2.45) is 11.8 Å². The molecule has 0 spiro atoms. The molecule has 10 heteroatoms. The van der Waals surface area contributed by atoms with Gasteiger partial charge in [-0.3, -0.25) is 14.4 Å². The molecule has 3 unspecified atom stereocenters. The van der Waals surface area contributed by atoms with Gasteiger partial charge in [-0.05, 0) is 60.9 Å². The monoisotopic (exact) mass is 721 g/mol. The molecule has 1 fully saturated rings. The van der Waals surface area contributed by atoms with Crippen LogP contribution in [0.15, 0.2) is 60.7 Å². The second-order valence-electron chi connectivity index (χ2n) is 15.7. The van der Waals surface area contributed by atoms with E-state index < -0.39 is 38.5 Å². The first-order valence-electron chi connectivity index (χ1n) is 18.9. The molecule has 3 amide bonds. The minimum Gasteiger partial charge on any atom is -0.450 e. The Morgan fingerprint density at radius 1 is 0.882 bits per heavy atom. The van der Waals surface area contributed by atoms with Gasteiger partial charge in [0, 0.05) is 31.8 Å². The van der Waals surface area contributed by atoms with E-state index in [-0.39, 0.29) is 28.6 Å². The molecule has 2 N–H and O–H groups in total. The number of alkyl carbamates (subject to hydrolysis) is 1. The van der Waals surface area contributed by atoms with Gasteiger partial charge in [0.15, 0.2) is 8.32 Å². The van der Waals surface area contributed by atoms with E-state index in [0.29, 0.717) is 58.2 Å². The van der Waals surface area contributed by atoms with Crippen molar-refractivity contribution in [3.8, 4) is 0 Å². The first-order valence-corrected chi connectivity index (χ1v) is 21.9. The third kappa shape index (κ3) is 13.2.